The molecule has 126 valence electrons. The summed E-state index contributed by atoms with van der Waals surface area (Å²) in [5.74, 6) is 1.43. The molecule has 1 N–H and O–H groups in total. The lowest BCUT2D eigenvalue weighted by Crippen LogP contribution is -2.20. The predicted octanol–water partition coefficient (Wildman–Crippen LogP) is 4.65. The molecule has 0 fully saturated rings. The first-order chi connectivity index (χ1) is 12.2. The Balaban J connectivity index is 1.83. The van der Waals surface area contributed by atoms with Crippen molar-refractivity contribution in [3.8, 4) is 5.75 Å². The maximum absolute atomic E-state index is 6.42. The maximum Gasteiger partial charge on any atom is 0.226 e. The summed E-state index contributed by atoms with van der Waals surface area (Å²) < 4.78 is 6.99. The van der Waals surface area contributed by atoms with Crippen molar-refractivity contribution >= 4 is 34.8 Å². The quantitative estimate of drug-likeness (QED) is 0.726. The standard InChI is InChI=1S/C18H14Cl2N4O/c1-25-12-7-5-11(6-8-12)15-9-16(24-18(23-15)21-10-22-24)17-13(19)3-2-4-14(17)20/h2-10,16H,1H3,(H,21,22,23)/t16-/m1/s1. The van der Waals surface area contributed by atoms with Gasteiger partial charge in [0.15, 0.2) is 0 Å². The summed E-state index contributed by atoms with van der Waals surface area (Å²) in [5.41, 5.74) is 2.71. The number of benzene rings is 2. The summed E-state index contributed by atoms with van der Waals surface area (Å²) in [4.78, 5) is 4.29. The number of allylic oxidation sites excluding steroid dienone is 1. The third-order valence-corrected chi connectivity index (χ3v) is 4.76. The van der Waals surface area contributed by atoms with Crippen LogP contribution < -0.4 is 10.1 Å². The summed E-state index contributed by atoms with van der Waals surface area (Å²) >= 11 is 12.8. The Labute approximate surface area is 154 Å². The lowest BCUT2D eigenvalue weighted by Gasteiger charge is -2.25. The molecule has 25 heavy (non-hydrogen) atoms. The highest BCUT2D eigenvalue weighted by Crippen LogP contribution is 2.38. The van der Waals surface area contributed by atoms with Crippen LogP contribution in [0.4, 0.5) is 5.95 Å². The average Bonchev–Trinajstić information content (AvgIpc) is 3.10. The first-order valence-corrected chi connectivity index (χ1v) is 8.39. The normalized spacial score (nSPS) is 16.0. The number of hydrogen-bond acceptors (Lipinski definition) is 4. The number of anilines is 1. The first-order valence-electron chi connectivity index (χ1n) is 7.64. The van der Waals surface area contributed by atoms with Crippen LogP contribution in [0.1, 0.15) is 17.2 Å². The number of fused-ring (bicyclic) bond motifs is 1. The van der Waals surface area contributed by atoms with E-state index < -0.39 is 0 Å². The lowest BCUT2D eigenvalue weighted by atomic mass is 10.0. The van der Waals surface area contributed by atoms with Crippen LogP contribution in [0.15, 0.2) is 54.9 Å². The fourth-order valence-electron chi connectivity index (χ4n) is 2.87. The number of ether oxygens (including phenoxy) is 1. The Morgan fingerprint density at radius 3 is 2.48 bits per heavy atom. The third kappa shape index (κ3) is 2.86. The number of nitrogens with one attached hydrogen (secondary N) is 1. The molecule has 2 heterocycles. The zero-order valence-electron chi connectivity index (χ0n) is 13.3. The van der Waals surface area contributed by atoms with Crippen LogP contribution in [0.25, 0.3) is 5.70 Å². The summed E-state index contributed by atoms with van der Waals surface area (Å²) in [6.07, 6.45) is 3.54. The molecule has 1 aliphatic heterocycles. The molecule has 0 bridgehead atoms. The van der Waals surface area contributed by atoms with Crippen LogP contribution in [-0.4, -0.2) is 21.9 Å². The molecule has 0 unspecified atom stereocenters. The average molecular weight is 373 g/mol. The summed E-state index contributed by atoms with van der Waals surface area (Å²) in [6.45, 7) is 0. The molecular weight excluding hydrogens is 359 g/mol. The summed E-state index contributed by atoms with van der Waals surface area (Å²) in [6, 6.07) is 13.0. The molecule has 0 saturated heterocycles. The molecule has 0 radical (unpaired) electrons. The lowest BCUT2D eigenvalue weighted by molar-refractivity contribution is 0.415. The van der Waals surface area contributed by atoms with Gasteiger partial charge in [0.1, 0.15) is 18.1 Å². The second-order valence-corrected chi connectivity index (χ2v) is 6.36. The van der Waals surface area contributed by atoms with Gasteiger partial charge in [-0.3, -0.25) is 0 Å². The molecule has 0 saturated carbocycles. The molecule has 5 nitrogen and oxygen atoms in total. The van der Waals surface area contributed by atoms with E-state index in [0.29, 0.717) is 16.0 Å². The number of rotatable bonds is 3. The van der Waals surface area contributed by atoms with Gasteiger partial charge in [0.05, 0.1) is 7.11 Å². The van der Waals surface area contributed by atoms with Gasteiger partial charge in [0.25, 0.3) is 0 Å². The Hall–Kier alpha value is -2.50. The topological polar surface area (TPSA) is 52.0 Å². The van der Waals surface area contributed by atoms with E-state index in [1.165, 1.54) is 6.33 Å². The third-order valence-electron chi connectivity index (χ3n) is 4.10. The highest BCUT2D eigenvalue weighted by molar-refractivity contribution is 6.36. The van der Waals surface area contributed by atoms with Gasteiger partial charge >= 0.3 is 0 Å². The van der Waals surface area contributed by atoms with Gasteiger partial charge in [0, 0.05) is 21.3 Å². The first kappa shape index (κ1) is 16.0. The van der Waals surface area contributed by atoms with E-state index in [1.807, 2.05) is 48.5 Å². The number of aromatic nitrogens is 3. The van der Waals surface area contributed by atoms with Gasteiger partial charge in [-0.15, -0.1) is 0 Å². The zero-order valence-corrected chi connectivity index (χ0v) is 14.8. The molecule has 4 rings (SSSR count). The van der Waals surface area contributed by atoms with Gasteiger partial charge in [-0.25, -0.2) is 4.68 Å². The van der Waals surface area contributed by atoms with Gasteiger partial charge in [-0.1, -0.05) is 29.3 Å². The van der Waals surface area contributed by atoms with E-state index in [4.69, 9.17) is 27.9 Å². The summed E-state index contributed by atoms with van der Waals surface area (Å²) in [7, 11) is 1.64. The molecule has 2 aromatic carbocycles. The molecule has 3 aromatic rings. The number of methoxy groups -OCH3 is 1. The highest BCUT2D eigenvalue weighted by atomic mass is 35.5. The molecule has 1 aromatic heterocycles. The molecule has 1 aliphatic rings. The molecule has 0 aliphatic carbocycles. The van der Waals surface area contributed by atoms with E-state index in [0.717, 1.165) is 22.6 Å². The minimum atomic E-state index is -0.253. The molecular formula is C18H14Cl2N4O. The SMILES string of the molecule is COc1ccc(C2=C[C@H](c3c(Cl)cccc3Cl)n3ncnc3N2)cc1. The second-order valence-electron chi connectivity index (χ2n) is 5.54. The Kier molecular flexibility index (Phi) is 4.11. The highest BCUT2D eigenvalue weighted by Gasteiger charge is 2.26. The Morgan fingerprint density at radius 2 is 1.80 bits per heavy atom. The van der Waals surface area contributed by atoms with Crippen molar-refractivity contribution in [2.45, 2.75) is 6.04 Å². The van der Waals surface area contributed by atoms with Crippen LogP contribution >= 0.6 is 23.2 Å². The largest absolute Gasteiger partial charge is 0.497 e. The fourth-order valence-corrected chi connectivity index (χ4v) is 3.49. The van der Waals surface area contributed by atoms with E-state index in [-0.39, 0.29) is 6.04 Å². The van der Waals surface area contributed by atoms with Crippen LogP contribution in [-0.2, 0) is 0 Å². The van der Waals surface area contributed by atoms with Crippen LogP contribution in [0.5, 0.6) is 5.75 Å². The van der Waals surface area contributed by atoms with Crippen LogP contribution in [0, 0.1) is 0 Å². The van der Waals surface area contributed by atoms with Crippen molar-refractivity contribution in [2.75, 3.05) is 12.4 Å². The van der Waals surface area contributed by atoms with Crippen LogP contribution in [0.2, 0.25) is 10.0 Å². The van der Waals surface area contributed by atoms with Crippen molar-refractivity contribution in [2.24, 2.45) is 0 Å². The molecule has 1 atom stereocenters. The Bertz CT molecular complexity index is 930. The van der Waals surface area contributed by atoms with E-state index >= 15 is 0 Å². The van der Waals surface area contributed by atoms with Gasteiger partial charge in [-0.05, 0) is 48.0 Å². The van der Waals surface area contributed by atoms with Crippen LogP contribution in [0.3, 0.4) is 0 Å². The van der Waals surface area contributed by atoms with E-state index in [9.17, 15) is 0 Å². The Morgan fingerprint density at radius 1 is 1.08 bits per heavy atom. The number of halogens is 2. The maximum atomic E-state index is 6.42. The smallest absolute Gasteiger partial charge is 0.226 e. The molecule has 0 amide bonds. The number of nitrogens with zero attached hydrogens (tertiary/aromatic N) is 3. The van der Waals surface area contributed by atoms with Crippen molar-refractivity contribution < 1.29 is 4.74 Å². The number of hydrogen-bond donors (Lipinski definition) is 1. The van der Waals surface area contributed by atoms with Gasteiger partial charge in [0.2, 0.25) is 5.95 Å². The second kappa shape index (κ2) is 6.43. The van der Waals surface area contributed by atoms with Crippen molar-refractivity contribution in [3.63, 3.8) is 0 Å². The zero-order chi connectivity index (χ0) is 17.4. The van der Waals surface area contributed by atoms with E-state index in [2.05, 4.69) is 15.4 Å². The molecule has 0 spiro atoms. The fraction of sp³-hybridized carbons (Fsp3) is 0.111. The van der Waals surface area contributed by atoms with Crippen molar-refractivity contribution in [3.05, 3.63) is 76.0 Å². The summed E-state index contributed by atoms with van der Waals surface area (Å²) in [5, 5.41) is 8.78. The predicted molar refractivity (Wildman–Crippen MR) is 99.2 cm³/mol. The van der Waals surface area contributed by atoms with Crippen molar-refractivity contribution in [1.82, 2.24) is 14.8 Å². The van der Waals surface area contributed by atoms with Gasteiger partial charge in [-0.2, -0.15) is 10.1 Å². The molecule has 7 heteroatoms. The van der Waals surface area contributed by atoms with E-state index in [1.54, 1.807) is 11.8 Å². The monoisotopic (exact) mass is 372 g/mol. The minimum absolute atomic E-state index is 0.253. The minimum Gasteiger partial charge on any atom is -0.497 e. The van der Waals surface area contributed by atoms with Gasteiger partial charge < -0.3 is 10.1 Å². The van der Waals surface area contributed by atoms with Crippen molar-refractivity contribution in [1.29, 1.82) is 0 Å².